The van der Waals surface area contributed by atoms with E-state index in [9.17, 15) is 14.7 Å². The third-order valence-corrected chi connectivity index (χ3v) is 12.5. The van der Waals surface area contributed by atoms with Gasteiger partial charge in [0.25, 0.3) is 5.91 Å². The third-order valence-electron chi connectivity index (χ3n) is 12.5. The van der Waals surface area contributed by atoms with Crippen LogP contribution in [0.1, 0.15) is 104 Å². The number of hydrogen-bond acceptors (Lipinski definition) is 4. The van der Waals surface area contributed by atoms with Crippen LogP contribution in [0.25, 0.3) is 0 Å². The molecule has 0 spiro atoms. The molecule has 4 fully saturated rings. The Morgan fingerprint density at radius 3 is 2.65 bits per heavy atom. The van der Waals surface area contributed by atoms with Crippen molar-refractivity contribution < 1.29 is 19.9 Å². The summed E-state index contributed by atoms with van der Waals surface area (Å²) in [6, 6.07) is 0. The number of carbonyl (C=O) groups excluding carboxylic acids is 2. The van der Waals surface area contributed by atoms with E-state index in [2.05, 4.69) is 26.1 Å². The summed E-state index contributed by atoms with van der Waals surface area (Å²) in [6.45, 7) is 8.01. The first-order valence-corrected chi connectivity index (χ1v) is 16.1. The first-order chi connectivity index (χ1) is 19.2. The normalized spacial score (nSPS) is 39.5. The van der Waals surface area contributed by atoms with Crippen LogP contribution in [0.2, 0.25) is 0 Å². The second kappa shape index (κ2) is 12.1. The van der Waals surface area contributed by atoms with Crippen LogP contribution >= 0.6 is 0 Å². The maximum absolute atomic E-state index is 12.6. The Hall–Kier alpha value is -1.92. The number of fused-ring (bicyclic) bond motifs is 5. The van der Waals surface area contributed by atoms with E-state index in [1.807, 2.05) is 12.2 Å². The van der Waals surface area contributed by atoms with Gasteiger partial charge in [-0.1, -0.05) is 51.8 Å². The summed E-state index contributed by atoms with van der Waals surface area (Å²) in [6.07, 6.45) is 21.7. The van der Waals surface area contributed by atoms with Gasteiger partial charge < -0.3 is 10.4 Å². The highest BCUT2D eigenvalue weighted by Crippen LogP contribution is 2.68. The van der Waals surface area contributed by atoms with Gasteiger partial charge in [-0.05, 0) is 122 Å². The standard InChI is InChI=1S/C34H52N2O4/c1-22(8-6-12-30(38)35-21-23-9-7-10-24(14-13-23)32(39)36-40)26-15-16-27-31-28(17-19-34(26,27)3)33(2)18-5-4-11-25(33)20-29(31)37/h7,10,13-14,22,25-29,31,37,40H,4-6,8-9,11-12,15-21H2,1-3H3,(H,35,38)(H,36,39)/t22-,25+,26?,27?,28?,29+,31?,33?,34?/m1/s1. The van der Waals surface area contributed by atoms with Crippen LogP contribution in [-0.2, 0) is 9.59 Å². The number of hydroxylamine groups is 1. The van der Waals surface area contributed by atoms with E-state index in [1.165, 1.54) is 51.4 Å². The van der Waals surface area contributed by atoms with Gasteiger partial charge in [-0.15, -0.1) is 0 Å². The first-order valence-electron chi connectivity index (χ1n) is 16.1. The largest absolute Gasteiger partial charge is 0.393 e. The van der Waals surface area contributed by atoms with Gasteiger partial charge >= 0.3 is 0 Å². The van der Waals surface area contributed by atoms with Gasteiger partial charge in [-0.2, -0.15) is 0 Å². The highest BCUT2D eigenvalue weighted by molar-refractivity contribution is 5.95. The number of aliphatic hydroxyl groups is 1. The Morgan fingerprint density at radius 2 is 1.85 bits per heavy atom. The summed E-state index contributed by atoms with van der Waals surface area (Å²) in [7, 11) is 0. The minimum Gasteiger partial charge on any atom is -0.393 e. The van der Waals surface area contributed by atoms with E-state index in [4.69, 9.17) is 5.21 Å². The Balaban J connectivity index is 1.11. The molecule has 0 heterocycles. The van der Waals surface area contributed by atoms with E-state index in [0.29, 0.717) is 65.4 Å². The zero-order valence-electron chi connectivity index (χ0n) is 25.0. The lowest BCUT2D eigenvalue weighted by Crippen LogP contribution is -2.57. The maximum Gasteiger partial charge on any atom is 0.274 e. The molecule has 5 rings (SSSR count). The monoisotopic (exact) mass is 552 g/mol. The molecule has 0 aromatic carbocycles. The molecular weight excluding hydrogens is 500 g/mol. The smallest absolute Gasteiger partial charge is 0.274 e. The van der Waals surface area contributed by atoms with Gasteiger partial charge in [-0.25, -0.2) is 5.48 Å². The minimum atomic E-state index is -0.538. The lowest BCUT2D eigenvalue weighted by Gasteiger charge is -2.62. The third kappa shape index (κ3) is 5.60. The van der Waals surface area contributed by atoms with Gasteiger partial charge in [0.15, 0.2) is 0 Å². The molecule has 0 saturated heterocycles. The van der Waals surface area contributed by atoms with E-state index in [-0.39, 0.29) is 12.0 Å². The molecule has 6 heteroatoms. The fraction of sp³-hybridized carbons (Fsp3) is 0.765. The zero-order valence-corrected chi connectivity index (χ0v) is 25.0. The van der Waals surface area contributed by atoms with Gasteiger partial charge in [0.05, 0.1) is 6.10 Å². The van der Waals surface area contributed by atoms with Crippen molar-refractivity contribution in [1.82, 2.24) is 10.8 Å². The lowest BCUT2D eigenvalue weighted by molar-refractivity contribution is -0.164. The van der Waals surface area contributed by atoms with E-state index >= 15 is 0 Å². The molecule has 5 aliphatic carbocycles. The Kier molecular flexibility index (Phi) is 8.97. The lowest BCUT2D eigenvalue weighted by atomic mass is 9.44. The van der Waals surface area contributed by atoms with Crippen LogP contribution in [0, 0.1) is 46.3 Å². The summed E-state index contributed by atoms with van der Waals surface area (Å²) in [5, 5.41) is 23.3. The molecule has 0 aromatic heterocycles. The second-order valence-corrected chi connectivity index (χ2v) is 14.4. The van der Waals surface area contributed by atoms with Crippen molar-refractivity contribution in [3.8, 4) is 0 Å². The molecular formula is C34H52N2O4. The van der Waals surface area contributed by atoms with E-state index in [1.54, 1.807) is 17.6 Å². The summed E-state index contributed by atoms with van der Waals surface area (Å²) in [4.78, 5) is 24.2. The molecule has 9 atom stereocenters. The number of amides is 2. The number of aliphatic hydroxyl groups excluding tert-OH is 1. The first kappa shape index (κ1) is 29.6. The van der Waals surface area contributed by atoms with Crippen molar-refractivity contribution in [2.24, 2.45) is 46.3 Å². The number of rotatable bonds is 8. The van der Waals surface area contributed by atoms with Gasteiger partial charge in [-0.3, -0.25) is 14.8 Å². The number of nitrogens with one attached hydrogen (secondary N) is 2. The van der Waals surface area contributed by atoms with Gasteiger partial charge in [0, 0.05) is 18.5 Å². The van der Waals surface area contributed by atoms with Gasteiger partial charge in [0.1, 0.15) is 0 Å². The molecule has 6 unspecified atom stereocenters. The fourth-order valence-corrected chi connectivity index (χ4v) is 10.3. The van der Waals surface area contributed by atoms with Crippen LogP contribution in [0.15, 0.2) is 35.5 Å². The Morgan fingerprint density at radius 1 is 1.05 bits per heavy atom. The predicted molar refractivity (Wildman–Crippen MR) is 157 cm³/mol. The Labute approximate surface area is 241 Å². The molecule has 0 aromatic rings. The molecule has 222 valence electrons. The summed E-state index contributed by atoms with van der Waals surface area (Å²) in [5.41, 5.74) is 3.83. The van der Waals surface area contributed by atoms with Crippen LogP contribution in [0.3, 0.4) is 0 Å². The fourth-order valence-electron chi connectivity index (χ4n) is 10.3. The topological polar surface area (TPSA) is 98.7 Å². The van der Waals surface area contributed by atoms with Crippen molar-refractivity contribution in [3.05, 3.63) is 35.5 Å². The van der Waals surface area contributed by atoms with Crippen molar-refractivity contribution in [2.75, 3.05) is 6.54 Å². The molecule has 0 radical (unpaired) electrons. The van der Waals surface area contributed by atoms with Crippen LogP contribution in [-0.4, -0.2) is 34.8 Å². The van der Waals surface area contributed by atoms with Crippen LogP contribution < -0.4 is 10.8 Å². The molecule has 4 saturated carbocycles. The predicted octanol–water partition coefficient (Wildman–Crippen LogP) is 6.25. The Bertz CT molecular complexity index is 1050. The van der Waals surface area contributed by atoms with E-state index in [0.717, 1.165) is 30.8 Å². The highest BCUT2D eigenvalue weighted by atomic mass is 16.5. The zero-order chi connectivity index (χ0) is 28.5. The molecule has 6 nitrogen and oxygen atoms in total. The number of allylic oxidation sites excluding steroid dienone is 3. The molecule has 0 aliphatic heterocycles. The average Bonchev–Trinajstić information content (AvgIpc) is 3.12. The van der Waals surface area contributed by atoms with E-state index < -0.39 is 5.91 Å². The summed E-state index contributed by atoms with van der Waals surface area (Å²) >= 11 is 0. The molecule has 4 N–H and O–H groups in total. The quantitative estimate of drug-likeness (QED) is 0.211. The SMILES string of the molecule is C[C@H](CCCC(=O)NCC1=CC=C(C(=O)NO)C=CC1)C1CCC2C3C(CCC21C)C1(C)CCCC[C@H]1C[C@@H]3O. The highest BCUT2D eigenvalue weighted by Gasteiger charge is 2.62. The molecule has 2 amide bonds. The molecule has 40 heavy (non-hydrogen) atoms. The minimum absolute atomic E-state index is 0.0789. The summed E-state index contributed by atoms with van der Waals surface area (Å²) < 4.78 is 0. The average molecular weight is 553 g/mol. The molecule has 5 aliphatic rings. The van der Waals surface area contributed by atoms with Crippen molar-refractivity contribution in [1.29, 1.82) is 0 Å². The second-order valence-electron chi connectivity index (χ2n) is 14.4. The number of carbonyl (C=O) groups is 2. The molecule has 0 bridgehead atoms. The van der Waals surface area contributed by atoms with Crippen molar-refractivity contribution in [2.45, 2.75) is 110 Å². The summed E-state index contributed by atoms with van der Waals surface area (Å²) in [5.74, 6) is 3.38. The number of hydrogen-bond donors (Lipinski definition) is 4. The van der Waals surface area contributed by atoms with Gasteiger partial charge in [0.2, 0.25) is 5.91 Å². The maximum atomic E-state index is 12.6. The van der Waals surface area contributed by atoms with Crippen LogP contribution in [0.5, 0.6) is 0 Å². The van der Waals surface area contributed by atoms with Crippen LogP contribution in [0.4, 0.5) is 0 Å². The van der Waals surface area contributed by atoms with Crippen molar-refractivity contribution >= 4 is 11.8 Å². The van der Waals surface area contributed by atoms with Crippen molar-refractivity contribution in [3.63, 3.8) is 0 Å².